The van der Waals surface area contributed by atoms with E-state index in [9.17, 15) is 0 Å². The minimum Gasteiger partial charge on any atom is -0.319 e. The number of pyridine rings is 1. The molecule has 1 atom stereocenters. The summed E-state index contributed by atoms with van der Waals surface area (Å²) in [6.07, 6.45) is 2.54. The Morgan fingerprint density at radius 3 is 3.06 bits per heavy atom. The van der Waals surface area contributed by atoms with Gasteiger partial charge < -0.3 is 5.32 Å². The van der Waals surface area contributed by atoms with E-state index in [0.29, 0.717) is 10.2 Å². The molecule has 3 nitrogen and oxygen atoms in total. The molecule has 0 aromatic carbocycles. The monoisotopic (exact) mass is 287 g/mol. The van der Waals surface area contributed by atoms with Gasteiger partial charge in [0.1, 0.15) is 5.15 Å². The van der Waals surface area contributed by atoms with Crippen LogP contribution in [0.4, 0.5) is 0 Å². The number of aromatic nitrogens is 1. The second-order valence-corrected chi connectivity index (χ2v) is 5.66. The van der Waals surface area contributed by atoms with E-state index in [0.717, 1.165) is 37.8 Å². The van der Waals surface area contributed by atoms with Gasteiger partial charge in [0.05, 0.1) is 10.7 Å². The van der Waals surface area contributed by atoms with Crippen LogP contribution in [0, 0.1) is 5.92 Å². The topological polar surface area (TPSA) is 28.2 Å². The third-order valence-corrected chi connectivity index (χ3v) is 3.91. The first-order chi connectivity index (χ1) is 8.69. The molecule has 18 heavy (non-hydrogen) atoms. The zero-order valence-electron chi connectivity index (χ0n) is 10.6. The number of nitrogens with one attached hydrogen (secondary N) is 1. The van der Waals surface area contributed by atoms with E-state index in [1.54, 1.807) is 6.07 Å². The Kier molecular flexibility index (Phi) is 5.25. The Labute approximate surface area is 118 Å². The molecule has 0 bridgehead atoms. The number of hydrogen-bond donors (Lipinski definition) is 1. The lowest BCUT2D eigenvalue weighted by molar-refractivity contribution is 0.165. The van der Waals surface area contributed by atoms with Crippen molar-refractivity contribution in [2.45, 2.75) is 19.4 Å². The van der Waals surface area contributed by atoms with Crippen LogP contribution < -0.4 is 5.32 Å². The normalized spacial score (nSPS) is 21.2. The van der Waals surface area contributed by atoms with E-state index in [4.69, 9.17) is 23.2 Å². The van der Waals surface area contributed by atoms with Gasteiger partial charge in [0.15, 0.2) is 0 Å². The van der Waals surface area contributed by atoms with Crippen molar-refractivity contribution in [2.75, 3.05) is 26.7 Å². The van der Waals surface area contributed by atoms with E-state index in [1.807, 2.05) is 13.1 Å². The van der Waals surface area contributed by atoms with Crippen molar-refractivity contribution in [1.29, 1.82) is 0 Å². The minimum absolute atomic E-state index is 0.512. The van der Waals surface area contributed by atoms with Crippen LogP contribution in [0.25, 0.3) is 0 Å². The fourth-order valence-electron chi connectivity index (χ4n) is 2.53. The molecule has 0 aliphatic carbocycles. The maximum Gasteiger partial charge on any atom is 0.129 e. The van der Waals surface area contributed by atoms with Gasteiger partial charge in [-0.2, -0.15) is 0 Å². The largest absolute Gasteiger partial charge is 0.319 e. The molecular weight excluding hydrogens is 269 g/mol. The van der Waals surface area contributed by atoms with Crippen molar-refractivity contribution in [2.24, 2.45) is 5.92 Å². The van der Waals surface area contributed by atoms with Crippen molar-refractivity contribution in [1.82, 2.24) is 15.2 Å². The first kappa shape index (κ1) is 14.1. The van der Waals surface area contributed by atoms with Crippen LogP contribution in [-0.2, 0) is 6.54 Å². The van der Waals surface area contributed by atoms with Crippen molar-refractivity contribution >= 4 is 23.2 Å². The molecule has 1 aromatic heterocycles. The Hall–Kier alpha value is -0.350. The molecule has 2 heterocycles. The standard InChI is InChI=1S/C13H19Cl2N3/c1-16-7-10-3-2-6-18(8-10)9-12-11(14)4-5-13(15)17-12/h4-5,10,16H,2-3,6-9H2,1H3. The van der Waals surface area contributed by atoms with Crippen LogP contribution in [-0.4, -0.2) is 36.6 Å². The summed E-state index contributed by atoms with van der Waals surface area (Å²) in [5.41, 5.74) is 0.884. The summed E-state index contributed by atoms with van der Waals surface area (Å²) >= 11 is 12.1. The average Bonchev–Trinajstić information content (AvgIpc) is 2.35. The van der Waals surface area contributed by atoms with Gasteiger partial charge in [-0.3, -0.25) is 4.90 Å². The van der Waals surface area contributed by atoms with E-state index < -0.39 is 0 Å². The van der Waals surface area contributed by atoms with Gasteiger partial charge in [0, 0.05) is 13.1 Å². The van der Waals surface area contributed by atoms with Crippen LogP contribution in [0.15, 0.2) is 12.1 Å². The molecule has 2 rings (SSSR count). The zero-order chi connectivity index (χ0) is 13.0. The van der Waals surface area contributed by atoms with Gasteiger partial charge in [-0.05, 0) is 51.0 Å². The highest BCUT2D eigenvalue weighted by Crippen LogP contribution is 2.22. The second-order valence-electron chi connectivity index (χ2n) is 4.86. The third kappa shape index (κ3) is 3.82. The van der Waals surface area contributed by atoms with Gasteiger partial charge in [-0.15, -0.1) is 0 Å². The summed E-state index contributed by atoms with van der Waals surface area (Å²) in [6.45, 7) is 4.09. The molecule has 0 saturated carbocycles. The predicted octanol–water partition coefficient (Wildman–Crippen LogP) is 2.82. The Morgan fingerprint density at radius 1 is 1.44 bits per heavy atom. The quantitative estimate of drug-likeness (QED) is 0.864. The number of likely N-dealkylation sites (tertiary alicyclic amines) is 1. The highest BCUT2D eigenvalue weighted by atomic mass is 35.5. The number of hydrogen-bond acceptors (Lipinski definition) is 3. The molecule has 1 N–H and O–H groups in total. The van der Waals surface area contributed by atoms with Crippen LogP contribution in [0.3, 0.4) is 0 Å². The number of rotatable bonds is 4. The summed E-state index contributed by atoms with van der Waals surface area (Å²) in [4.78, 5) is 6.73. The van der Waals surface area contributed by atoms with Crippen molar-refractivity contribution in [3.8, 4) is 0 Å². The lowest BCUT2D eigenvalue weighted by atomic mass is 9.98. The van der Waals surface area contributed by atoms with Gasteiger partial charge in [0.25, 0.3) is 0 Å². The maximum absolute atomic E-state index is 6.15. The fourth-order valence-corrected chi connectivity index (χ4v) is 2.86. The van der Waals surface area contributed by atoms with Crippen LogP contribution in [0.5, 0.6) is 0 Å². The molecule has 1 saturated heterocycles. The van der Waals surface area contributed by atoms with Gasteiger partial charge in [-0.1, -0.05) is 23.2 Å². The summed E-state index contributed by atoms with van der Waals surface area (Å²) in [7, 11) is 2.01. The molecular formula is C13H19Cl2N3. The van der Waals surface area contributed by atoms with Crippen molar-refractivity contribution in [3.05, 3.63) is 28.0 Å². The summed E-state index contributed by atoms with van der Waals surface area (Å²) in [5, 5.41) is 4.47. The smallest absolute Gasteiger partial charge is 0.129 e. The third-order valence-electron chi connectivity index (χ3n) is 3.35. The molecule has 1 fully saturated rings. The lowest BCUT2D eigenvalue weighted by Crippen LogP contribution is -2.38. The van der Waals surface area contributed by atoms with Crippen molar-refractivity contribution < 1.29 is 0 Å². The summed E-state index contributed by atoms with van der Waals surface area (Å²) in [6, 6.07) is 3.55. The molecule has 1 aromatic rings. The minimum atomic E-state index is 0.512. The first-order valence-electron chi connectivity index (χ1n) is 6.37. The Morgan fingerprint density at radius 2 is 2.28 bits per heavy atom. The molecule has 100 valence electrons. The highest BCUT2D eigenvalue weighted by Gasteiger charge is 2.20. The Bertz CT molecular complexity index is 396. The molecule has 1 unspecified atom stereocenters. The average molecular weight is 288 g/mol. The predicted molar refractivity (Wildman–Crippen MR) is 76.2 cm³/mol. The SMILES string of the molecule is CNCC1CCCN(Cc2nc(Cl)ccc2Cl)C1. The van der Waals surface area contributed by atoms with Crippen LogP contribution in [0.1, 0.15) is 18.5 Å². The lowest BCUT2D eigenvalue weighted by Gasteiger charge is -2.32. The van der Waals surface area contributed by atoms with E-state index in [-0.39, 0.29) is 0 Å². The number of piperidine rings is 1. The molecule has 0 spiro atoms. The van der Waals surface area contributed by atoms with Gasteiger partial charge >= 0.3 is 0 Å². The van der Waals surface area contributed by atoms with Gasteiger partial charge in [0.2, 0.25) is 0 Å². The zero-order valence-corrected chi connectivity index (χ0v) is 12.1. The molecule has 1 aliphatic rings. The molecule has 5 heteroatoms. The highest BCUT2D eigenvalue weighted by molar-refractivity contribution is 6.32. The van der Waals surface area contributed by atoms with Gasteiger partial charge in [-0.25, -0.2) is 4.98 Å². The summed E-state index contributed by atoms with van der Waals surface area (Å²) < 4.78 is 0. The van der Waals surface area contributed by atoms with E-state index in [1.165, 1.54) is 12.8 Å². The van der Waals surface area contributed by atoms with E-state index in [2.05, 4.69) is 15.2 Å². The fraction of sp³-hybridized carbons (Fsp3) is 0.615. The second kappa shape index (κ2) is 6.71. The van der Waals surface area contributed by atoms with E-state index >= 15 is 0 Å². The van der Waals surface area contributed by atoms with Crippen LogP contribution in [0.2, 0.25) is 10.2 Å². The number of halogens is 2. The first-order valence-corrected chi connectivity index (χ1v) is 7.12. The summed E-state index contributed by atoms with van der Waals surface area (Å²) in [5.74, 6) is 0.724. The number of nitrogens with zero attached hydrogens (tertiary/aromatic N) is 2. The maximum atomic E-state index is 6.15. The van der Waals surface area contributed by atoms with Crippen molar-refractivity contribution in [3.63, 3.8) is 0 Å². The molecule has 1 aliphatic heterocycles. The Balaban J connectivity index is 1.98. The molecule has 0 amide bonds. The van der Waals surface area contributed by atoms with Crippen LogP contribution >= 0.6 is 23.2 Å². The molecule has 0 radical (unpaired) electrons.